The Hall–Kier alpha value is -2.09. The van der Waals surface area contributed by atoms with E-state index >= 15 is 0 Å². The molecule has 1 fully saturated rings. The Morgan fingerprint density at radius 2 is 2.19 bits per heavy atom. The molecule has 2 aliphatic rings. The Morgan fingerprint density at radius 3 is 2.90 bits per heavy atom. The highest BCUT2D eigenvalue weighted by molar-refractivity contribution is 7.91. The Morgan fingerprint density at radius 1 is 1.38 bits per heavy atom. The van der Waals surface area contributed by atoms with Crippen LogP contribution in [0, 0.1) is 0 Å². The average molecular weight is 310 g/mol. The summed E-state index contributed by atoms with van der Waals surface area (Å²) < 4.78 is 28.0. The Labute approximate surface area is 121 Å². The van der Waals surface area contributed by atoms with Crippen molar-refractivity contribution in [3.63, 3.8) is 0 Å². The number of carbonyl (C=O) groups excluding carboxylic acids is 2. The van der Waals surface area contributed by atoms with Gasteiger partial charge in [-0.2, -0.15) is 0 Å². The van der Waals surface area contributed by atoms with E-state index in [4.69, 9.17) is 4.74 Å². The first kappa shape index (κ1) is 13.9. The number of amides is 2. The molecule has 2 aliphatic heterocycles. The first-order chi connectivity index (χ1) is 9.93. The van der Waals surface area contributed by atoms with Gasteiger partial charge < -0.3 is 15.4 Å². The number of benzene rings is 1. The van der Waals surface area contributed by atoms with Gasteiger partial charge in [0.05, 0.1) is 17.2 Å². The normalized spacial score (nSPS) is 22.9. The molecule has 0 saturated carbocycles. The zero-order valence-corrected chi connectivity index (χ0v) is 11.9. The second kappa shape index (κ2) is 5.03. The van der Waals surface area contributed by atoms with E-state index in [1.165, 1.54) is 6.07 Å². The highest BCUT2D eigenvalue weighted by Gasteiger charge is 2.29. The number of ether oxygens (including phenoxy) is 1. The molecule has 1 atom stereocenters. The van der Waals surface area contributed by atoms with Crippen LogP contribution in [0.1, 0.15) is 16.8 Å². The van der Waals surface area contributed by atoms with Gasteiger partial charge in [0, 0.05) is 11.6 Å². The summed E-state index contributed by atoms with van der Waals surface area (Å²) >= 11 is 0. The first-order valence-electron chi connectivity index (χ1n) is 6.51. The minimum Gasteiger partial charge on any atom is -0.482 e. The summed E-state index contributed by atoms with van der Waals surface area (Å²) in [7, 11) is -3.03. The maximum Gasteiger partial charge on any atom is 0.262 e. The van der Waals surface area contributed by atoms with Crippen molar-refractivity contribution in [2.24, 2.45) is 0 Å². The van der Waals surface area contributed by atoms with Crippen molar-refractivity contribution in [3.8, 4) is 5.75 Å². The zero-order valence-electron chi connectivity index (χ0n) is 11.1. The summed E-state index contributed by atoms with van der Waals surface area (Å²) in [6, 6.07) is 4.34. The third-order valence-electron chi connectivity index (χ3n) is 3.44. The van der Waals surface area contributed by atoms with Gasteiger partial charge in [-0.25, -0.2) is 8.42 Å². The van der Waals surface area contributed by atoms with Gasteiger partial charge in [0.2, 0.25) is 0 Å². The Bertz CT molecular complexity index is 713. The van der Waals surface area contributed by atoms with Crippen LogP contribution in [0.4, 0.5) is 5.69 Å². The Kier molecular flexibility index (Phi) is 3.32. The summed E-state index contributed by atoms with van der Waals surface area (Å²) in [6.07, 6.45) is 0.436. The van der Waals surface area contributed by atoms with E-state index in [9.17, 15) is 18.0 Å². The van der Waals surface area contributed by atoms with Gasteiger partial charge in [-0.1, -0.05) is 0 Å². The fourth-order valence-electron chi connectivity index (χ4n) is 2.39. The predicted octanol–water partition coefficient (Wildman–Crippen LogP) is -0.0656. The third-order valence-corrected chi connectivity index (χ3v) is 5.21. The van der Waals surface area contributed by atoms with E-state index in [1.807, 2.05) is 0 Å². The summed E-state index contributed by atoms with van der Waals surface area (Å²) in [5.74, 6) is -0.0643. The van der Waals surface area contributed by atoms with Gasteiger partial charge in [0.25, 0.3) is 11.8 Å². The number of carbonyl (C=O) groups is 2. The van der Waals surface area contributed by atoms with Crippen molar-refractivity contribution in [2.75, 3.05) is 23.4 Å². The quantitative estimate of drug-likeness (QED) is 0.796. The fourth-order valence-corrected chi connectivity index (χ4v) is 4.07. The molecule has 2 heterocycles. The van der Waals surface area contributed by atoms with Crippen molar-refractivity contribution in [2.45, 2.75) is 12.5 Å². The van der Waals surface area contributed by atoms with Gasteiger partial charge in [0.15, 0.2) is 16.4 Å². The van der Waals surface area contributed by atoms with Crippen LogP contribution in [0.5, 0.6) is 5.75 Å². The number of rotatable bonds is 2. The maximum absolute atomic E-state index is 12.1. The number of anilines is 1. The summed E-state index contributed by atoms with van der Waals surface area (Å²) in [5, 5.41) is 5.34. The molecule has 0 radical (unpaired) electrons. The van der Waals surface area contributed by atoms with Crippen LogP contribution >= 0.6 is 0 Å². The summed E-state index contributed by atoms with van der Waals surface area (Å²) in [5.41, 5.74) is 0.889. The SMILES string of the molecule is O=C1COc2cc(C(=O)N[C@@H]3CCS(=O)(=O)C3)ccc2N1. The van der Waals surface area contributed by atoms with E-state index in [-0.39, 0.29) is 36.0 Å². The molecule has 0 aliphatic carbocycles. The van der Waals surface area contributed by atoms with E-state index < -0.39 is 9.84 Å². The molecule has 0 aromatic heterocycles. The van der Waals surface area contributed by atoms with E-state index in [0.717, 1.165) is 0 Å². The highest BCUT2D eigenvalue weighted by atomic mass is 32.2. The van der Waals surface area contributed by atoms with Crippen LogP contribution in [-0.4, -0.2) is 44.4 Å². The van der Waals surface area contributed by atoms with Crippen molar-refractivity contribution in [3.05, 3.63) is 23.8 Å². The van der Waals surface area contributed by atoms with Gasteiger partial charge >= 0.3 is 0 Å². The minimum absolute atomic E-state index is 0.0176. The average Bonchev–Trinajstić information content (AvgIpc) is 2.77. The maximum atomic E-state index is 12.1. The molecule has 1 aromatic rings. The minimum atomic E-state index is -3.03. The number of hydrogen-bond donors (Lipinski definition) is 2. The van der Waals surface area contributed by atoms with Crippen LogP contribution in [0.2, 0.25) is 0 Å². The number of sulfone groups is 1. The van der Waals surface area contributed by atoms with Crippen LogP contribution in [-0.2, 0) is 14.6 Å². The number of fused-ring (bicyclic) bond motifs is 1. The van der Waals surface area contributed by atoms with E-state index in [2.05, 4.69) is 10.6 Å². The largest absolute Gasteiger partial charge is 0.482 e. The van der Waals surface area contributed by atoms with E-state index in [1.54, 1.807) is 12.1 Å². The van der Waals surface area contributed by atoms with Crippen molar-refractivity contribution in [1.29, 1.82) is 0 Å². The van der Waals surface area contributed by atoms with Gasteiger partial charge in [-0.15, -0.1) is 0 Å². The van der Waals surface area contributed by atoms with Gasteiger partial charge in [0.1, 0.15) is 5.75 Å². The van der Waals surface area contributed by atoms with Crippen LogP contribution in [0.3, 0.4) is 0 Å². The highest BCUT2D eigenvalue weighted by Crippen LogP contribution is 2.28. The topological polar surface area (TPSA) is 102 Å². The van der Waals surface area contributed by atoms with Crippen LogP contribution in [0.15, 0.2) is 18.2 Å². The smallest absolute Gasteiger partial charge is 0.262 e. The van der Waals surface area contributed by atoms with E-state index in [0.29, 0.717) is 23.4 Å². The number of hydrogen-bond acceptors (Lipinski definition) is 5. The molecule has 112 valence electrons. The summed E-state index contributed by atoms with van der Waals surface area (Å²) in [4.78, 5) is 23.3. The van der Waals surface area contributed by atoms with Gasteiger partial charge in [-0.05, 0) is 24.6 Å². The van der Waals surface area contributed by atoms with Crippen molar-refractivity contribution < 1.29 is 22.7 Å². The lowest BCUT2D eigenvalue weighted by molar-refractivity contribution is -0.118. The molecule has 21 heavy (non-hydrogen) atoms. The van der Waals surface area contributed by atoms with Crippen molar-refractivity contribution in [1.82, 2.24) is 5.32 Å². The molecule has 2 amide bonds. The molecular formula is C13H14N2O5S. The fraction of sp³-hybridized carbons (Fsp3) is 0.385. The van der Waals surface area contributed by atoms with Crippen LogP contribution in [0.25, 0.3) is 0 Å². The molecule has 8 heteroatoms. The second-order valence-electron chi connectivity index (χ2n) is 5.12. The number of nitrogens with one attached hydrogen (secondary N) is 2. The standard InChI is InChI=1S/C13H14N2O5S/c16-12-6-20-11-5-8(1-2-10(11)15-12)13(17)14-9-3-4-21(18,19)7-9/h1-2,5,9H,3-4,6-7H2,(H,14,17)(H,15,16)/t9-/m1/s1. The molecule has 2 N–H and O–H groups in total. The molecule has 7 nitrogen and oxygen atoms in total. The molecular weight excluding hydrogens is 296 g/mol. The molecule has 0 bridgehead atoms. The molecule has 1 aromatic carbocycles. The van der Waals surface area contributed by atoms with Gasteiger partial charge in [-0.3, -0.25) is 9.59 Å². The monoisotopic (exact) mass is 310 g/mol. The van der Waals surface area contributed by atoms with Crippen LogP contribution < -0.4 is 15.4 Å². The molecule has 3 rings (SSSR count). The first-order valence-corrected chi connectivity index (χ1v) is 8.33. The zero-order chi connectivity index (χ0) is 15.0. The molecule has 1 saturated heterocycles. The van der Waals surface area contributed by atoms with Crippen molar-refractivity contribution >= 4 is 27.3 Å². The predicted molar refractivity (Wildman–Crippen MR) is 75.1 cm³/mol. The lowest BCUT2D eigenvalue weighted by atomic mass is 10.1. The lowest BCUT2D eigenvalue weighted by Crippen LogP contribution is -2.35. The Balaban J connectivity index is 1.72. The lowest BCUT2D eigenvalue weighted by Gasteiger charge is -2.18. The summed E-state index contributed by atoms with van der Waals surface area (Å²) in [6.45, 7) is -0.0844. The molecule has 0 unspecified atom stereocenters. The molecule has 0 spiro atoms. The second-order valence-corrected chi connectivity index (χ2v) is 7.35. The third kappa shape index (κ3) is 2.99.